The number of aryl methyl sites for hydroxylation is 1. The quantitative estimate of drug-likeness (QED) is 0.464. The van der Waals surface area contributed by atoms with E-state index in [4.69, 9.17) is 4.74 Å². The van der Waals surface area contributed by atoms with Gasteiger partial charge in [0.25, 0.3) is 0 Å². The van der Waals surface area contributed by atoms with Crippen LogP contribution in [0.3, 0.4) is 0 Å². The molecule has 0 aliphatic heterocycles. The molecule has 0 amide bonds. The Labute approximate surface area is 154 Å². The highest BCUT2D eigenvalue weighted by molar-refractivity contribution is 5.52. The zero-order valence-corrected chi connectivity index (χ0v) is 17.0. The number of hydrogen-bond acceptors (Lipinski definition) is 2. The minimum absolute atomic E-state index is 0.194. The molecule has 0 heterocycles. The molecule has 0 radical (unpaired) electrons. The molecule has 25 heavy (non-hydrogen) atoms. The molecule has 0 saturated heterocycles. The maximum absolute atomic E-state index is 10.9. The van der Waals surface area contributed by atoms with Crippen molar-refractivity contribution in [1.29, 1.82) is 0 Å². The second-order valence-corrected chi connectivity index (χ2v) is 8.74. The van der Waals surface area contributed by atoms with Crippen LogP contribution in [0, 0.1) is 11.3 Å². The predicted molar refractivity (Wildman–Crippen MR) is 107 cm³/mol. The molecule has 1 aromatic rings. The molecule has 2 nitrogen and oxygen atoms in total. The maximum atomic E-state index is 10.9. The predicted octanol–water partition coefficient (Wildman–Crippen LogP) is 6.62. The highest BCUT2D eigenvalue weighted by Gasteiger charge is 2.36. The molecule has 0 aromatic heterocycles. The lowest BCUT2D eigenvalue weighted by molar-refractivity contribution is 0.194. The van der Waals surface area contributed by atoms with Gasteiger partial charge in [0.15, 0.2) is 0 Å². The average Bonchev–Trinajstić information content (AvgIpc) is 2.53. The number of benzene rings is 1. The Morgan fingerprint density at radius 2 is 1.92 bits per heavy atom. The van der Waals surface area contributed by atoms with Gasteiger partial charge in [0, 0.05) is 11.5 Å². The molecule has 0 fully saturated rings. The van der Waals surface area contributed by atoms with Crippen molar-refractivity contribution in [3.8, 4) is 11.5 Å². The Balaban J connectivity index is 2.43. The second-order valence-electron chi connectivity index (χ2n) is 8.74. The van der Waals surface area contributed by atoms with Gasteiger partial charge in [0.1, 0.15) is 11.5 Å². The lowest BCUT2D eigenvalue weighted by Gasteiger charge is -2.40. The van der Waals surface area contributed by atoms with Gasteiger partial charge in [0.05, 0.1) is 7.11 Å². The molecule has 140 valence electrons. The first kappa shape index (κ1) is 19.9. The van der Waals surface area contributed by atoms with Crippen LogP contribution in [0.5, 0.6) is 11.5 Å². The highest BCUT2D eigenvalue weighted by atomic mass is 16.5. The van der Waals surface area contributed by atoms with Gasteiger partial charge in [-0.1, -0.05) is 52.2 Å². The van der Waals surface area contributed by atoms with Crippen LogP contribution in [-0.4, -0.2) is 12.2 Å². The normalized spacial score (nSPS) is 21.1. The van der Waals surface area contributed by atoms with Crippen molar-refractivity contribution >= 4 is 0 Å². The molecular formula is C23H36O2. The summed E-state index contributed by atoms with van der Waals surface area (Å²) in [6.07, 6.45) is 9.26. The molecule has 2 atom stereocenters. The third-order valence-corrected chi connectivity index (χ3v) is 5.66. The van der Waals surface area contributed by atoms with Crippen molar-refractivity contribution in [3.63, 3.8) is 0 Å². The number of hydrogen-bond donors (Lipinski definition) is 1. The Morgan fingerprint density at radius 1 is 1.20 bits per heavy atom. The number of methoxy groups -OCH3 is 1. The number of allylic oxidation sites excluding steroid dienone is 2. The molecule has 0 saturated carbocycles. The van der Waals surface area contributed by atoms with Crippen molar-refractivity contribution in [3.05, 3.63) is 34.9 Å². The summed E-state index contributed by atoms with van der Waals surface area (Å²) in [5, 5.41) is 10.9. The smallest absolute Gasteiger partial charge is 0.126 e. The van der Waals surface area contributed by atoms with E-state index in [1.54, 1.807) is 7.11 Å². The molecule has 1 N–H and O–H groups in total. The summed E-state index contributed by atoms with van der Waals surface area (Å²) in [6, 6.07) is 4.10. The average molecular weight is 345 g/mol. The van der Waals surface area contributed by atoms with Gasteiger partial charge < -0.3 is 9.84 Å². The van der Waals surface area contributed by atoms with E-state index >= 15 is 0 Å². The van der Waals surface area contributed by atoms with Crippen LogP contribution in [-0.2, 0) is 6.42 Å². The van der Waals surface area contributed by atoms with E-state index in [1.165, 1.54) is 24.0 Å². The minimum Gasteiger partial charge on any atom is -0.507 e. The van der Waals surface area contributed by atoms with Crippen molar-refractivity contribution in [2.45, 2.75) is 79.1 Å². The summed E-state index contributed by atoms with van der Waals surface area (Å²) in [6.45, 7) is 11.3. The van der Waals surface area contributed by atoms with E-state index < -0.39 is 0 Å². The molecule has 0 spiro atoms. The van der Waals surface area contributed by atoms with Gasteiger partial charge in [-0.05, 0) is 61.6 Å². The van der Waals surface area contributed by atoms with Gasteiger partial charge in [-0.2, -0.15) is 0 Å². The standard InChI is InChI=1S/C23H36O2/c1-7-8-9-10-17-14-20(24)22(21(15-17)25-6)18-13-16(2)11-12-19(18)23(3,4)5/h13-15,18-19,24H,7-12H2,1-6H3/t18?,19-/m1/s1. The first-order valence-electron chi connectivity index (χ1n) is 9.85. The fraction of sp³-hybridized carbons (Fsp3) is 0.652. The van der Waals surface area contributed by atoms with Crippen molar-refractivity contribution in [2.75, 3.05) is 7.11 Å². The molecule has 2 rings (SSSR count). The van der Waals surface area contributed by atoms with Crippen LogP contribution in [0.25, 0.3) is 0 Å². The summed E-state index contributed by atoms with van der Waals surface area (Å²) in [7, 11) is 1.72. The Morgan fingerprint density at radius 3 is 2.52 bits per heavy atom. The minimum atomic E-state index is 0.194. The lowest BCUT2D eigenvalue weighted by Crippen LogP contribution is -2.29. The maximum Gasteiger partial charge on any atom is 0.126 e. The Hall–Kier alpha value is -1.44. The summed E-state index contributed by atoms with van der Waals surface area (Å²) >= 11 is 0. The van der Waals surface area contributed by atoms with Crippen LogP contribution in [0.2, 0.25) is 0 Å². The molecule has 1 unspecified atom stereocenters. The van der Waals surface area contributed by atoms with Gasteiger partial charge in [-0.15, -0.1) is 0 Å². The summed E-state index contributed by atoms with van der Waals surface area (Å²) < 4.78 is 5.73. The van der Waals surface area contributed by atoms with Gasteiger partial charge >= 0.3 is 0 Å². The van der Waals surface area contributed by atoms with E-state index in [2.05, 4.69) is 46.8 Å². The number of ether oxygens (including phenoxy) is 1. The monoisotopic (exact) mass is 344 g/mol. The van der Waals surface area contributed by atoms with Gasteiger partial charge in [-0.3, -0.25) is 0 Å². The SMILES string of the molecule is CCCCCc1cc(O)c(C2C=C(C)CC[C@H]2C(C)(C)C)c(OC)c1. The first-order valence-corrected chi connectivity index (χ1v) is 9.85. The van der Waals surface area contributed by atoms with E-state index in [9.17, 15) is 5.11 Å². The fourth-order valence-corrected chi connectivity index (χ4v) is 4.22. The second kappa shape index (κ2) is 8.29. The van der Waals surface area contributed by atoms with Crippen molar-refractivity contribution < 1.29 is 9.84 Å². The number of aromatic hydroxyl groups is 1. The summed E-state index contributed by atoms with van der Waals surface area (Å²) in [4.78, 5) is 0. The molecule has 1 aromatic carbocycles. The highest BCUT2D eigenvalue weighted by Crippen LogP contribution is 2.50. The molecule has 1 aliphatic carbocycles. The topological polar surface area (TPSA) is 29.5 Å². The molecular weight excluding hydrogens is 308 g/mol. The van der Waals surface area contributed by atoms with Gasteiger partial charge in [-0.25, -0.2) is 0 Å². The van der Waals surface area contributed by atoms with Crippen molar-refractivity contribution in [2.24, 2.45) is 11.3 Å². The van der Waals surface area contributed by atoms with Crippen LogP contribution < -0.4 is 4.74 Å². The molecule has 1 aliphatic rings. The molecule has 0 bridgehead atoms. The Kier molecular flexibility index (Phi) is 6.59. The zero-order valence-electron chi connectivity index (χ0n) is 17.0. The van der Waals surface area contributed by atoms with E-state index in [-0.39, 0.29) is 11.3 Å². The largest absolute Gasteiger partial charge is 0.507 e. The van der Waals surface area contributed by atoms with Gasteiger partial charge in [0.2, 0.25) is 0 Å². The van der Waals surface area contributed by atoms with Crippen molar-refractivity contribution in [1.82, 2.24) is 0 Å². The van der Waals surface area contributed by atoms with Crippen LogP contribution in [0.4, 0.5) is 0 Å². The first-order chi connectivity index (χ1) is 11.8. The van der Waals surface area contributed by atoms with Crippen LogP contribution in [0.15, 0.2) is 23.8 Å². The number of rotatable bonds is 6. The summed E-state index contributed by atoms with van der Waals surface area (Å²) in [5.41, 5.74) is 3.76. The third-order valence-electron chi connectivity index (χ3n) is 5.66. The number of phenolic OH excluding ortho intramolecular Hbond substituents is 1. The van der Waals surface area contributed by atoms with Crippen LogP contribution in [0.1, 0.15) is 83.8 Å². The Bertz CT molecular complexity index is 607. The third kappa shape index (κ3) is 4.80. The molecule has 2 heteroatoms. The van der Waals surface area contributed by atoms with Crippen LogP contribution >= 0.6 is 0 Å². The fourth-order valence-electron chi connectivity index (χ4n) is 4.22. The number of phenols is 1. The summed E-state index contributed by atoms with van der Waals surface area (Å²) in [5.74, 6) is 1.96. The van der Waals surface area contributed by atoms with E-state index in [0.717, 1.165) is 37.0 Å². The lowest BCUT2D eigenvalue weighted by atomic mass is 9.65. The zero-order chi connectivity index (χ0) is 18.6. The number of unbranched alkanes of at least 4 members (excludes halogenated alkanes) is 2. The van der Waals surface area contributed by atoms with E-state index in [0.29, 0.717) is 11.7 Å². The van der Waals surface area contributed by atoms with E-state index in [1.807, 2.05) is 6.07 Å².